The van der Waals surface area contributed by atoms with Crippen LogP contribution >= 0.6 is 15.9 Å². The van der Waals surface area contributed by atoms with Crippen LogP contribution in [-0.2, 0) is 19.4 Å². The lowest BCUT2D eigenvalue weighted by molar-refractivity contribution is 0.282. The average Bonchev–Trinajstić information content (AvgIpc) is 3.24. The maximum absolute atomic E-state index is 10.0. The Morgan fingerprint density at radius 1 is 0.844 bits per heavy atom. The number of aromatic amines is 1. The number of pyridine rings is 1. The molecule has 0 fully saturated rings. The number of nitrogens with one attached hydrogen (secondary N) is 2. The van der Waals surface area contributed by atoms with Gasteiger partial charge in [0.1, 0.15) is 0 Å². The summed E-state index contributed by atoms with van der Waals surface area (Å²) in [5.74, 6) is 0. The van der Waals surface area contributed by atoms with Crippen LogP contribution in [0.25, 0.3) is 21.8 Å². The van der Waals surface area contributed by atoms with Gasteiger partial charge in [-0.15, -0.1) is 0 Å². The van der Waals surface area contributed by atoms with Crippen molar-refractivity contribution in [3.05, 3.63) is 100 Å². The molecule has 0 aliphatic carbocycles. The summed E-state index contributed by atoms with van der Waals surface area (Å²) >= 11 is 3.75. The first-order chi connectivity index (χ1) is 15.7. The molecule has 2 aromatic heterocycles. The molecule has 3 N–H and O–H groups in total. The van der Waals surface area contributed by atoms with Crippen molar-refractivity contribution in [3.8, 4) is 0 Å². The topological polar surface area (TPSA) is 60.9 Å². The highest BCUT2D eigenvalue weighted by atomic mass is 79.9. The molecule has 0 atom stereocenters. The molecule has 4 nitrogen and oxygen atoms in total. The van der Waals surface area contributed by atoms with Crippen molar-refractivity contribution >= 4 is 49.1 Å². The van der Waals surface area contributed by atoms with Gasteiger partial charge in [0.05, 0.1) is 12.1 Å². The Kier molecular flexibility index (Phi) is 5.93. The van der Waals surface area contributed by atoms with E-state index in [2.05, 4.69) is 79.9 Å². The smallest absolute Gasteiger partial charge is 0.0722 e. The van der Waals surface area contributed by atoms with Crippen LogP contribution in [0.15, 0.2) is 83.6 Å². The van der Waals surface area contributed by atoms with Gasteiger partial charge in [-0.1, -0.05) is 58.4 Å². The van der Waals surface area contributed by atoms with Crippen LogP contribution in [0.1, 0.15) is 23.1 Å². The zero-order valence-corrected chi connectivity index (χ0v) is 19.2. The number of nitrogens with zero attached hydrogens (tertiary/aromatic N) is 1. The zero-order chi connectivity index (χ0) is 21.9. The monoisotopic (exact) mass is 485 g/mol. The van der Waals surface area contributed by atoms with Gasteiger partial charge < -0.3 is 15.4 Å². The summed E-state index contributed by atoms with van der Waals surface area (Å²) in [4.78, 5) is 7.79. The molecule has 5 aromatic rings. The van der Waals surface area contributed by atoms with Crippen molar-refractivity contribution < 1.29 is 5.11 Å². The number of fused-ring (bicyclic) bond motifs is 2. The fourth-order valence-electron chi connectivity index (χ4n) is 4.27. The van der Waals surface area contributed by atoms with E-state index in [9.17, 15) is 5.11 Å². The average molecular weight is 486 g/mol. The van der Waals surface area contributed by atoms with E-state index >= 15 is 0 Å². The summed E-state index contributed by atoms with van der Waals surface area (Å²) in [5.41, 5.74) is 7.44. The summed E-state index contributed by atoms with van der Waals surface area (Å²) in [6.45, 7) is -0.0198. The second kappa shape index (κ2) is 9.15. The van der Waals surface area contributed by atoms with E-state index in [1.165, 1.54) is 22.0 Å². The van der Waals surface area contributed by atoms with Gasteiger partial charge in [-0.25, -0.2) is 0 Å². The Morgan fingerprint density at radius 2 is 1.62 bits per heavy atom. The molecule has 0 aliphatic rings. The zero-order valence-electron chi connectivity index (χ0n) is 17.6. The predicted molar refractivity (Wildman–Crippen MR) is 135 cm³/mol. The Balaban J connectivity index is 1.35. The maximum Gasteiger partial charge on any atom is 0.0722 e. The number of aliphatic hydroxyl groups excluding tert-OH is 1. The molecule has 0 saturated carbocycles. The first-order valence-electron chi connectivity index (χ1n) is 10.8. The Morgan fingerprint density at radius 3 is 2.50 bits per heavy atom. The molecule has 0 unspecified atom stereocenters. The number of para-hydroxylation sites is 2. The van der Waals surface area contributed by atoms with Crippen LogP contribution in [0.4, 0.5) is 11.4 Å². The number of aromatic nitrogens is 2. The third kappa shape index (κ3) is 4.14. The van der Waals surface area contributed by atoms with Crippen molar-refractivity contribution in [2.75, 3.05) is 5.32 Å². The van der Waals surface area contributed by atoms with Crippen LogP contribution in [0.2, 0.25) is 0 Å². The van der Waals surface area contributed by atoms with Crippen LogP contribution in [0.5, 0.6) is 0 Å². The highest BCUT2D eigenvalue weighted by Gasteiger charge is 2.11. The van der Waals surface area contributed by atoms with E-state index in [0.717, 1.165) is 51.6 Å². The van der Waals surface area contributed by atoms with Crippen LogP contribution in [-0.4, -0.2) is 15.1 Å². The first kappa shape index (κ1) is 20.7. The fraction of sp³-hybridized carbons (Fsp3) is 0.148. The quantitative estimate of drug-likeness (QED) is 0.235. The van der Waals surface area contributed by atoms with Crippen LogP contribution in [0, 0.1) is 0 Å². The number of anilines is 2. The second-order valence-electron chi connectivity index (χ2n) is 7.97. The number of aryl methyl sites for hydroxylation is 2. The lowest BCUT2D eigenvalue weighted by Gasteiger charge is -2.16. The number of hydrogen-bond acceptors (Lipinski definition) is 3. The Bertz CT molecular complexity index is 1390. The van der Waals surface area contributed by atoms with Crippen molar-refractivity contribution in [2.24, 2.45) is 0 Å². The molecule has 0 spiro atoms. The minimum Gasteiger partial charge on any atom is -0.392 e. The summed E-state index contributed by atoms with van der Waals surface area (Å²) in [5, 5.41) is 15.9. The van der Waals surface area contributed by atoms with E-state index in [4.69, 9.17) is 0 Å². The molecule has 2 heterocycles. The lowest BCUT2D eigenvalue weighted by Crippen LogP contribution is -2.00. The predicted octanol–water partition coefficient (Wildman–Crippen LogP) is 6.89. The molecule has 3 aromatic carbocycles. The summed E-state index contributed by atoms with van der Waals surface area (Å²) in [6.07, 6.45) is 6.90. The maximum atomic E-state index is 10.0. The number of rotatable bonds is 7. The van der Waals surface area contributed by atoms with E-state index in [0.29, 0.717) is 0 Å². The number of benzene rings is 3. The normalized spacial score (nSPS) is 11.3. The minimum atomic E-state index is -0.0198. The standard InChI is InChI=1S/C27H24BrN3O/c28-23-15-27(31-26-12-13-29-25-11-4-2-9-22(25)26)20(17-32)14-18(23)6-5-7-19-16-30-24-10-3-1-8-21(19)24/h1-4,8-16,30,32H,5-7,17H2,(H,29,31). The van der Waals surface area contributed by atoms with Crippen LogP contribution < -0.4 is 5.32 Å². The van der Waals surface area contributed by atoms with Gasteiger partial charge in [0, 0.05) is 50.1 Å². The molecule has 160 valence electrons. The highest BCUT2D eigenvalue weighted by molar-refractivity contribution is 9.10. The first-order valence-corrected chi connectivity index (χ1v) is 11.6. The molecule has 32 heavy (non-hydrogen) atoms. The molecule has 0 saturated heterocycles. The number of halogens is 1. The molecule has 0 bridgehead atoms. The Labute approximate surface area is 195 Å². The molecule has 5 heteroatoms. The highest BCUT2D eigenvalue weighted by Crippen LogP contribution is 2.32. The number of hydrogen-bond donors (Lipinski definition) is 3. The van der Waals surface area contributed by atoms with E-state index in [-0.39, 0.29) is 6.61 Å². The largest absolute Gasteiger partial charge is 0.392 e. The van der Waals surface area contributed by atoms with Crippen molar-refractivity contribution in [1.82, 2.24) is 9.97 Å². The van der Waals surface area contributed by atoms with Gasteiger partial charge in [-0.2, -0.15) is 0 Å². The molecule has 5 rings (SSSR count). The van der Waals surface area contributed by atoms with Gasteiger partial charge in [0.25, 0.3) is 0 Å². The van der Waals surface area contributed by atoms with E-state index in [1.54, 1.807) is 6.20 Å². The second-order valence-corrected chi connectivity index (χ2v) is 8.83. The molecule has 0 aliphatic heterocycles. The fourth-order valence-corrected chi connectivity index (χ4v) is 4.81. The summed E-state index contributed by atoms with van der Waals surface area (Å²) < 4.78 is 1.05. The van der Waals surface area contributed by atoms with Crippen LogP contribution in [0.3, 0.4) is 0 Å². The minimum absolute atomic E-state index is 0.0198. The van der Waals surface area contributed by atoms with Gasteiger partial charge in [0.15, 0.2) is 0 Å². The molecular formula is C27H24BrN3O. The van der Waals surface area contributed by atoms with Gasteiger partial charge in [-0.3, -0.25) is 4.98 Å². The van der Waals surface area contributed by atoms with Crippen molar-refractivity contribution in [3.63, 3.8) is 0 Å². The summed E-state index contributed by atoms with van der Waals surface area (Å²) in [6, 6.07) is 22.6. The third-order valence-corrected chi connectivity index (χ3v) is 6.67. The summed E-state index contributed by atoms with van der Waals surface area (Å²) in [7, 11) is 0. The van der Waals surface area contributed by atoms with Gasteiger partial charge in [-0.05, 0) is 54.7 Å². The molecule has 0 radical (unpaired) electrons. The third-order valence-electron chi connectivity index (χ3n) is 5.93. The number of H-pyrrole nitrogens is 1. The molecule has 0 amide bonds. The van der Waals surface area contributed by atoms with E-state index < -0.39 is 0 Å². The van der Waals surface area contributed by atoms with E-state index in [1.807, 2.05) is 24.3 Å². The Hall–Kier alpha value is -3.15. The number of aliphatic hydroxyl groups is 1. The van der Waals surface area contributed by atoms with Gasteiger partial charge in [0.2, 0.25) is 0 Å². The SMILES string of the molecule is OCc1cc(CCCc2c[nH]c3ccccc23)c(Br)cc1Nc1ccnc2ccccc12. The van der Waals surface area contributed by atoms with Crippen molar-refractivity contribution in [1.29, 1.82) is 0 Å². The lowest BCUT2D eigenvalue weighted by atomic mass is 10.0. The van der Waals surface area contributed by atoms with Crippen molar-refractivity contribution in [2.45, 2.75) is 25.9 Å². The molecular weight excluding hydrogens is 462 g/mol. The van der Waals surface area contributed by atoms with Gasteiger partial charge >= 0.3 is 0 Å².